The molecule has 0 saturated carbocycles. The molecule has 0 radical (unpaired) electrons. The molecule has 2 aromatic carbocycles. The summed E-state index contributed by atoms with van der Waals surface area (Å²) in [5.74, 6) is 0.145. The van der Waals surface area contributed by atoms with Crippen LogP contribution >= 0.6 is 0 Å². The highest BCUT2D eigenvalue weighted by Gasteiger charge is 2.29. The van der Waals surface area contributed by atoms with E-state index in [9.17, 15) is 17.6 Å². The fourth-order valence-corrected chi connectivity index (χ4v) is 4.82. The van der Waals surface area contributed by atoms with Crippen LogP contribution in [0.15, 0.2) is 47.4 Å². The number of nitrogens with zero attached hydrogens (tertiary/aromatic N) is 2. The lowest BCUT2D eigenvalue weighted by atomic mass is 10.1. The smallest absolute Gasteiger partial charge is 0.243 e. The molecular weight excluding hydrogens is 395 g/mol. The third-order valence-corrected chi connectivity index (χ3v) is 6.82. The highest BCUT2D eigenvalue weighted by atomic mass is 32.2. The van der Waals surface area contributed by atoms with E-state index in [0.717, 1.165) is 17.4 Å². The Bertz CT molecular complexity index is 986. The number of benzene rings is 2. The number of carbonyl (C=O) groups is 1. The summed E-state index contributed by atoms with van der Waals surface area (Å²) in [6.07, 6.45) is 0. The van der Waals surface area contributed by atoms with Gasteiger partial charge in [-0.3, -0.25) is 9.69 Å². The second kappa shape index (κ2) is 9.02. The molecule has 156 valence electrons. The average molecular weight is 421 g/mol. The molecule has 29 heavy (non-hydrogen) atoms. The van der Waals surface area contributed by atoms with Crippen molar-refractivity contribution in [1.82, 2.24) is 9.21 Å². The zero-order valence-corrected chi connectivity index (χ0v) is 17.4. The molecule has 6 nitrogen and oxygen atoms in total. The molecule has 2 aromatic rings. The van der Waals surface area contributed by atoms with Crippen molar-refractivity contribution < 1.29 is 22.3 Å². The van der Waals surface area contributed by atoms with Gasteiger partial charge in [-0.25, -0.2) is 12.8 Å². The quantitative estimate of drug-likeness (QED) is 0.645. The molecule has 0 aromatic heterocycles. The molecule has 1 aliphatic heterocycles. The second-order valence-corrected chi connectivity index (χ2v) is 8.89. The highest BCUT2D eigenvalue weighted by molar-refractivity contribution is 7.89. The Labute approximate surface area is 170 Å². The number of halogens is 1. The molecule has 0 aliphatic carbocycles. The number of carbonyl (C=O) groups excluding carboxylic acids is 1. The molecular formula is C21H25FN2O4S. The monoisotopic (exact) mass is 420 g/mol. The first-order valence-electron chi connectivity index (χ1n) is 9.56. The Morgan fingerprint density at radius 3 is 2.45 bits per heavy atom. The van der Waals surface area contributed by atoms with Crippen molar-refractivity contribution in [3.05, 3.63) is 59.4 Å². The predicted molar refractivity (Wildman–Crippen MR) is 108 cm³/mol. The Hall–Kier alpha value is -2.29. The molecule has 1 heterocycles. The minimum absolute atomic E-state index is 0.0136. The maximum atomic E-state index is 13.4. The van der Waals surface area contributed by atoms with Crippen LogP contribution in [0, 0.1) is 5.82 Å². The van der Waals surface area contributed by atoms with Gasteiger partial charge in [0, 0.05) is 43.9 Å². The fourth-order valence-electron chi connectivity index (χ4n) is 3.36. The van der Waals surface area contributed by atoms with Crippen molar-refractivity contribution in [3.8, 4) is 5.75 Å². The molecule has 0 bridgehead atoms. The summed E-state index contributed by atoms with van der Waals surface area (Å²) < 4.78 is 46.0. The van der Waals surface area contributed by atoms with Gasteiger partial charge in [0.1, 0.15) is 11.6 Å². The molecule has 1 aliphatic rings. The van der Waals surface area contributed by atoms with E-state index in [1.165, 1.54) is 29.4 Å². The van der Waals surface area contributed by atoms with Crippen LogP contribution in [0.2, 0.25) is 0 Å². The van der Waals surface area contributed by atoms with Gasteiger partial charge in [-0.2, -0.15) is 4.31 Å². The number of hydrogen-bond acceptors (Lipinski definition) is 5. The third kappa shape index (κ3) is 5.01. The third-order valence-electron chi connectivity index (χ3n) is 4.93. The van der Waals surface area contributed by atoms with E-state index >= 15 is 0 Å². The summed E-state index contributed by atoms with van der Waals surface area (Å²) in [5.41, 5.74) is 1.52. The lowest BCUT2D eigenvalue weighted by Crippen LogP contribution is -2.48. The Balaban J connectivity index is 1.70. The molecule has 0 amide bonds. The number of hydrogen-bond donors (Lipinski definition) is 0. The molecule has 0 unspecified atom stereocenters. The Morgan fingerprint density at radius 2 is 1.83 bits per heavy atom. The first-order valence-corrected chi connectivity index (χ1v) is 11.0. The van der Waals surface area contributed by atoms with Crippen LogP contribution in [0.3, 0.4) is 0 Å². The largest absolute Gasteiger partial charge is 0.494 e. The summed E-state index contributed by atoms with van der Waals surface area (Å²) >= 11 is 0. The Kier molecular flexibility index (Phi) is 6.66. The van der Waals surface area contributed by atoms with E-state index in [0.29, 0.717) is 44.9 Å². The summed E-state index contributed by atoms with van der Waals surface area (Å²) in [4.78, 5) is 13.8. The lowest BCUT2D eigenvalue weighted by Gasteiger charge is -2.34. The van der Waals surface area contributed by atoms with Crippen LogP contribution in [0.5, 0.6) is 5.75 Å². The normalized spacial score (nSPS) is 16.0. The maximum Gasteiger partial charge on any atom is 0.243 e. The van der Waals surface area contributed by atoms with Gasteiger partial charge in [-0.1, -0.05) is 6.07 Å². The summed E-state index contributed by atoms with van der Waals surface area (Å²) in [7, 11) is -3.72. The van der Waals surface area contributed by atoms with Gasteiger partial charge in [0.05, 0.1) is 11.5 Å². The molecule has 1 saturated heterocycles. The van der Waals surface area contributed by atoms with E-state index in [4.69, 9.17) is 4.74 Å². The van der Waals surface area contributed by atoms with E-state index in [1.807, 2.05) is 13.0 Å². The van der Waals surface area contributed by atoms with E-state index in [1.54, 1.807) is 12.1 Å². The molecule has 1 fully saturated rings. The van der Waals surface area contributed by atoms with E-state index in [2.05, 4.69) is 4.90 Å². The zero-order chi connectivity index (χ0) is 21.0. The SMILES string of the molecule is CCOc1ccc(C(C)=O)cc1CN1CCN(S(=O)(=O)c2cccc(F)c2)CC1. The van der Waals surface area contributed by atoms with Crippen molar-refractivity contribution in [1.29, 1.82) is 0 Å². The van der Waals surface area contributed by atoms with Crippen molar-refractivity contribution in [2.45, 2.75) is 25.3 Å². The Morgan fingerprint density at radius 1 is 1.10 bits per heavy atom. The minimum Gasteiger partial charge on any atom is -0.494 e. The van der Waals surface area contributed by atoms with Crippen molar-refractivity contribution in [2.24, 2.45) is 0 Å². The van der Waals surface area contributed by atoms with Gasteiger partial charge in [0.15, 0.2) is 5.78 Å². The van der Waals surface area contributed by atoms with Gasteiger partial charge in [-0.15, -0.1) is 0 Å². The number of rotatable bonds is 7. The van der Waals surface area contributed by atoms with Gasteiger partial charge in [-0.05, 0) is 50.2 Å². The van der Waals surface area contributed by atoms with E-state index < -0.39 is 15.8 Å². The molecule has 0 atom stereocenters. The van der Waals surface area contributed by atoms with Crippen molar-refractivity contribution >= 4 is 15.8 Å². The minimum atomic E-state index is -3.72. The predicted octanol–water partition coefficient (Wildman–Crippen LogP) is 2.93. The molecule has 0 N–H and O–H groups in total. The number of sulfonamides is 1. The van der Waals surface area contributed by atoms with Crippen LogP contribution < -0.4 is 4.74 Å². The van der Waals surface area contributed by atoms with Gasteiger partial charge >= 0.3 is 0 Å². The number of Topliss-reactive ketones (excluding diaryl/α,β-unsaturated/α-hetero) is 1. The van der Waals surface area contributed by atoms with E-state index in [-0.39, 0.29) is 10.7 Å². The molecule has 0 spiro atoms. The van der Waals surface area contributed by atoms with Crippen LogP contribution in [0.25, 0.3) is 0 Å². The highest BCUT2D eigenvalue weighted by Crippen LogP contribution is 2.24. The zero-order valence-electron chi connectivity index (χ0n) is 16.6. The lowest BCUT2D eigenvalue weighted by molar-refractivity contribution is 0.101. The van der Waals surface area contributed by atoms with Gasteiger partial charge in [0.2, 0.25) is 10.0 Å². The van der Waals surface area contributed by atoms with Crippen LogP contribution in [0.4, 0.5) is 4.39 Å². The van der Waals surface area contributed by atoms with Gasteiger partial charge in [0.25, 0.3) is 0 Å². The summed E-state index contributed by atoms with van der Waals surface area (Å²) in [6, 6.07) is 10.5. The number of piperazine rings is 1. The van der Waals surface area contributed by atoms with Crippen molar-refractivity contribution in [3.63, 3.8) is 0 Å². The first kappa shape index (κ1) is 21.4. The first-order chi connectivity index (χ1) is 13.8. The average Bonchev–Trinajstić information content (AvgIpc) is 2.70. The van der Waals surface area contributed by atoms with Crippen molar-refractivity contribution in [2.75, 3.05) is 32.8 Å². The summed E-state index contributed by atoms with van der Waals surface area (Å²) in [6.45, 7) is 6.20. The fraction of sp³-hybridized carbons (Fsp3) is 0.381. The van der Waals surface area contributed by atoms with Crippen LogP contribution in [-0.2, 0) is 16.6 Å². The number of ether oxygens (including phenoxy) is 1. The second-order valence-electron chi connectivity index (χ2n) is 6.95. The van der Waals surface area contributed by atoms with Gasteiger partial charge < -0.3 is 4.74 Å². The number of ketones is 1. The molecule has 3 rings (SSSR count). The standard InChI is InChI=1S/C21H25FN2O4S/c1-3-28-21-8-7-17(16(2)25)13-18(21)15-23-9-11-24(12-10-23)29(26,27)20-6-4-5-19(22)14-20/h4-8,13-14H,3,9-12,15H2,1-2H3. The molecule has 8 heteroatoms. The topological polar surface area (TPSA) is 66.9 Å². The van der Waals surface area contributed by atoms with Crippen LogP contribution in [0.1, 0.15) is 29.8 Å². The van der Waals surface area contributed by atoms with Crippen LogP contribution in [-0.4, -0.2) is 56.2 Å². The maximum absolute atomic E-state index is 13.4. The summed E-state index contributed by atoms with van der Waals surface area (Å²) in [5, 5.41) is 0.